The van der Waals surface area contributed by atoms with E-state index in [9.17, 15) is 25.2 Å². The molecule has 0 aliphatic heterocycles. The molecule has 0 aliphatic carbocycles. The van der Waals surface area contributed by atoms with Crippen LogP contribution in [0, 0.1) is 0 Å². The highest BCUT2D eigenvalue weighted by atomic mass is 16.4. The average Bonchev–Trinajstić information content (AvgIpc) is 2.73. The van der Waals surface area contributed by atoms with Gasteiger partial charge in [-0.2, -0.15) is 0 Å². The molecule has 0 aliphatic rings. The Kier molecular flexibility index (Phi) is 9.64. The van der Waals surface area contributed by atoms with Crippen LogP contribution in [0.3, 0.4) is 0 Å². The van der Waals surface area contributed by atoms with Crippen LogP contribution >= 0.6 is 0 Å². The van der Waals surface area contributed by atoms with E-state index >= 15 is 0 Å². The van der Waals surface area contributed by atoms with E-state index in [1.165, 1.54) is 6.07 Å². The van der Waals surface area contributed by atoms with Gasteiger partial charge in [0, 0.05) is 12.1 Å². The van der Waals surface area contributed by atoms with Gasteiger partial charge in [0.05, 0.1) is 18.6 Å². The fraction of sp³-hybridized carbons (Fsp3) is 0.435. The third kappa shape index (κ3) is 7.49. The van der Waals surface area contributed by atoms with Crippen LogP contribution in [0.4, 0.5) is 0 Å². The Bertz CT molecular complexity index is 750. The number of rotatable bonds is 13. The number of carbonyl (C=O) groups is 1. The molecule has 0 fully saturated rings. The molecule has 2 unspecified atom stereocenters. The van der Waals surface area contributed by atoms with E-state index in [1.54, 1.807) is 12.1 Å². The lowest BCUT2D eigenvalue weighted by atomic mass is 9.93. The van der Waals surface area contributed by atoms with Gasteiger partial charge in [-0.05, 0) is 42.6 Å². The molecular weight excluding hydrogens is 370 g/mol. The minimum absolute atomic E-state index is 0.0220. The summed E-state index contributed by atoms with van der Waals surface area (Å²) in [6, 6.07) is 14.1. The van der Waals surface area contributed by atoms with Crippen molar-refractivity contribution in [2.75, 3.05) is 13.1 Å². The smallest absolute Gasteiger partial charge is 0.310 e. The Morgan fingerprint density at radius 3 is 2.38 bits per heavy atom. The van der Waals surface area contributed by atoms with Crippen LogP contribution in [0.5, 0.6) is 5.75 Å². The zero-order chi connectivity index (χ0) is 21.1. The maximum Gasteiger partial charge on any atom is 0.310 e. The summed E-state index contributed by atoms with van der Waals surface area (Å²) in [6.07, 6.45) is 3.72. The van der Waals surface area contributed by atoms with Gasteiger partial charge in [0.25, 0.3) is 0 Å². The lowest BCUT2D eigenvalue weighted by Crippen LogP contribution is -2.22. The fourth-order valence-corrected chi connectivity index (χ4v) is 3.37. The molecule has 0 saturated carbocycles. The van der Waals surface area contributed by atoms with Crippen molar-refractivity contribution in [1.82, 2.24) is 5.32 Å². The predicted molar refractivity (Wildman–Crippen MR) is 112 cm³/mol. The van der Waals surface area contributed by atoms with Crippen molar-refractivity contribution < 1.29 is 25.2 Å². The molecule has 0 saturated heterocycles. The van der Waals surface area contributed by atoms with E-state index in [4.69, 9.17) is 0 Å². The number of aliphatic hydroxyl groups excluding tert-OH is 2. The van der Waals surface area contributed by atoms with Crippen molar-refractivity contribution in [1.29, 1.82) is 0 Å². The molecule has 6 heteroatoms. The SMILES string of the molecule is O=C(O)C(CCCCCCNCC(O)c1ccc(O)c(CO)c1)c1ccccc1. The van der Waals surface area contributed by atoms with Crippen molar-refractivity contribution in [3.05, 3.63) is 65.2 Å². The lowest BCUT2D eigenvalue weighted by Gasteiger charge is -2.14. The van der Waals surface area contributed by atoms with Gasteiger partial charge < -0.3 is 25.7 Å². The van der Waals surface area contributed by atoms with E-state index < -0.39 is 18.0 Å². The Hall–Kier alpha value is -2.41. The second-order valence-electron chi connectivity index (χ2n) is 7.27. The highest BCUT2D eigenvalue weighted by molar-refractivity contribution is 5.75. The molecule has 5 N–H and O–H groups in total. The molecule has 6 nitrogen and oxygen atoms in total. The number of phenols is 1. The van der Waals surface area contributed by atoms with E-state index in [0.717, 1.165) is 37.8 Å². The second-order valence-corrected chi connectivity index (χ2v) is 7.27. The van der Waals surface area contributed by atoms with E-state index in [1.807, 2.05) is 30.3 Å². The van der Waals surface area contributed by atoms with E-state index in [-0.39, 0.29) is 12.4 Å². The second kappa shape index (κ2) is 12.2. The van der Waals surface area contributed by atoms with Gasteiger partial charge in [0.2, 0.25) is 0 Å². The highest BCUT2D eigenvalue weighted by Crippen LogP contribution is 2.23. The third-order valence-electron chi connectivity index (χ3n) is 5.09. The van der Waals surface area contributed by atoms with Crippen LogP contribution in [0.15, 0.2) is 48.5 Å². The zero-order valence-electron chi connectivity index (χ0n) is 16.6. The van der Waals surface area contributed by atoms with Crippen LogP contribution in [0.2, 0.25) is 0 Å². The van der Waals surface area contributed by atoms with Crippen molar-refractivity contribution >= 4 is 5.97 Å². The number of unbranched alkanes of at least 4 members (excludes halogenated alkanes) is 3. The Morgan fingerprint density at radius 1 is 0.966 bits per heavy atom. The maximum atomic E-state index is 11.5. The molecule has 2 aromatic rings. The van der Waals surface area contributed by atoms with Gasteiger partial charge in [0.1, 0.15) is 5.75 Å². The molecule has 0 amide bonds. The van der Waals surface area contributed by atoms with Crippen LogP contribution < -0.4 is 5.32 Å². The number of aliphatic carboxylic acids is 1. The van der Waals surface area contributed by atoms with E-state index in [2.05, 4.69) is 5.32 Å². The number of aromatic hydroxyl groups is 1. The lowest BCUT2D eigenvalue weighted by molar-refractivity contribution is -0.139. The third-order valence-corrected chi connectivity index (χ3v) is 5.09. The summed E-state index contributed by atoms with van der Waals surface area (Å²) in [5, 5.41) is 41.6. The highest BCUT2D eigenvalue weighted by Gasteiger charge is 2.18. The molecule has 2 rings (SSSR count). The fourth-order valence-electron chi connectivity index (χ4n) is 3.37. The van der Waals surface area contributed by atoms with Crippen LogP contribution in [0.25, 0.3) is 0 Å². The molecule has 0 bridgehead atoms. The number of hydrogen-bond donors (Lipinski definition) is 5. The number of carboxylic acids is 1. The zero-order valence-corrected chi connectivity index (χ0v) is 16.6. The van der Waals surface area contributed by atoms with Crippen LogP contribution in [-0.4, -0.2) is 39.5 Å². The summed E-state index contributed by atoms with van der Waals surface area (Å²) in [7, 11) is 0. The van der Waals surface area contributed by atoms with Gasteiger partial charge in [0.15, 0.2) is 0 Å². The van der Waals surface area contributed by atoms with Crippen molar-refractivity contribution in [2.45, 2.75) is 50.7 Å². The molecule has 0 heterocycles. The first-order valence-corrected chi connectivity index (χ1v) is 10.1. The van der Waals surface area contributed by atoms with Crippen LogP contribution in [-0.2, 0) is 11.4 Å². The molecule has 0 radical (unpaired) electrons. The first kappa shape index (κ1) is 22.9. The summed E-state index contributed by atoms with van der Waals surface area (Å²) in [6.45, 7) is 0.889. The molecule has 2 aromatic carbocycles. The Labute approximate surface area is 171 Å². The molecule has 0 aromatic heterocycles. The van der Waals surface area contributed by atoms with Gasteiger partial charge >= 0.3 is 5.97 Å². The number of carboxylic acid groups (broad SMARTS) is 1. The quantitative estimate of drug-likeness (QED) is 0.329. The number of benzene rings is 2. The summed E-state index contributed by atoms with van der Waals surface area (Å²) in [5.41, 5.74) is 1.91. The predicted octanol–water partition coefficient (Wildman–Crippen LogP) is 3.33. The number of hydrogen-bond acceptors (Lipinski definition) is 5. The van der Waals surface area contributed by atoms with Crippen LogP contribution in [0.1, 0.15) is 60.8 Å². The van der Waals surface area contributed by atoms with Crippen molar-refractivity contribution in [3.63, 3.8) is 0 Å². The summed E-state index contributed by atoms with van der Waals surface area (Å²) >= 11 is 0. The van der Waals surface area contributed by atoms with Gasteiger partial charge in [-0.25, -0.2) is 0 Å². The number of nitrogens with one attached hydrogen (secondary N) is 1. The molecule has 158 valence electrons. The van der Waals surface area contributed by atoms with E-state index in [0.29, 0.717) is 24.1 Å². The minimum atomic E-state index is -0.773. The van der Waals surface area contributed by atoms with Gasteiger partial charge in [-0.3, -0.25) is 4.79 Å². The largest absolute Gasteiger partial charge is 0.508 e. The van der Waals surface area contributed by atoms with Crippen molar-refractivity contribution in [2.24, 2.45) is 0 Å². The minimum Gasteiger partial charge on any atom is -0.508 e. The van der Waals surface area contributed by atoms with Gasteiger partial charge in [-0.15, -0.1) is 0 Å². The summed E-state index contributed by atoms with van der Waals surface area (Å²) in [4.78, 5) is 11.5. The number of aliphatic hydroxyl groups is 2. The Balaban J connectivity index is 1.60. The Morgan fingerprint density at radius 2 is 1.69 bits per heavy atom. The molecule has 0 spiro atoms. The molecule has 2 atom stereocenters. The average molecular weight is 402 g/mol. The standard InChI is InChI=1S/C23H31NO5/c25-16-19-14-18(11-12-21(19)26)22(27)15-24-13-7-2-1-6-10-20(23(28)29)17-8-4-3-5-9-17/h3-5,8-9,11-12,14,20,22,24-27H,1-2,6-7,10,13,15-16H2,(H,28,29). The normalized spacial score (nSPS) is 13.2. The first-order chi connectivity index (χ1) is 14.0. The summed E-state index contributed by atoms with van der Waals surface area (Å²) in [5.74, 6) is -1.20. The summed E-state index contributed by atoms with van der Waals surface area (Å²) < 4.78 is 0. The monoisotopic (exact) mass is 401 g/mol. The molecule has 29 heavy (non-hydrogen) atoms. The molecular formula is C23H31NO5. The van der Waals surface area contributed by atoms with Gasteiger partial charge in [-0.1, -0.05) is 55.7 Å². The topological polar surface area (TPSA) is 110 Å². The maximum absolute atomic E-state index is 11.5. The first-order valence-electron chi connectivity index (χ1n) is 10.1. The van der Waals surface area contributed by atoms with Crippen molar-refractivity contribution in [3.8, 4) is 5.75 Å².